The maximum atomic E-state index is 13.3. The first kappa shape index (κ1) is 17.9. The molecule has 0 fully saturated rings. The predicted molar refractivity (Wildman–Crippen MR) is 103 cm³/mol. The summed E-state index contributed by atoms with van der Waals surface area (Å²) in [7, 11) is 0. The number of rotatable bonds is 6. The number of H-pyrrole nitrogens is 1. The van der Waals surface area contributed by atoms with Gasteiger partial charge in [0.1, 0.15) is 5.82 Å². The third kappa shape index (κ3) is 4.09. The van der Waals surface area contributed by atoms with Gasteiger partial charge in [-0.1, -0.05) is 47.6 Å². The molecule has 2 heterocycles. The molecule has 1 amide bonds. The number of halogens is 1. The van der Waals surface area contributed by atoms with Crippen LogP contribution in [-0.2, 0) is 22.6 Å². The quantitative estimate of drug-likeness (QED) is 0.691. The van der Waals surface area contributed by atoms with Crippen molar-refractivity contribution >= 4 is 11.6 Å². The summed E-state index contributed by atoms with van der Waals surface area (Å²) in [5.41, 5.74) is 4.28. The molecule has 1 aliphatic heterocycles. The van der Waals surface area contributed by atoms with Crippen LogP contribution in [0.15, 0.2) is 65.9 Å². The molecule has 2 N–H and O–H groups in total. The molecule has 6 nitrogen and oxygen atoms in total. The summed E-state index contributed by atoms with van der Waals surface area (Å²) in [6, 6.07) is 16.1. The maximum absolute atomic E-state index is 13.3. The zero-order chi connectivity index (χ0) is 19.3. The molecule has 1 unspecified atom stereocenters. The molecule has 0 saturated heterocycles. The maximum Gasteiger partial charge on any atom is 0.264 e. The van der Waals surface area contributed by atoms with Gasteiger partial charge in [-0.05, 0) is 23.3 Å². The molecule has 1 aliphatic rings. The van der Waals surface area contributed by atoms with Crippen LogP contribution in [0.25, 0.3) is 11.3 Å². The summed E-state index contributed by atoms with van der Waals surface area (Å²) in [5, 5.41) is 13.9. The number of carbonyl (C=O) groups is 1. The van der Waals surface area contributed by atoms with Crippen LogP contribution in [0.4, 0.5) is 4.39 Å². The van der Waals surface area contributed by atoms with Gasteiger partial charge < -0.3 is 10.2 Å². The fourth-order valence-corrected chi connectivity index (χ4v) is 3.15. The van der Waals surface area contributed by atoms with Crippen LogP contribution in [0.3, 0.4) is 0 Å². The summed E-state index contributed by atoms with van der Waals surface area (Å²) in [5.74, 6) is -0.529. The van der Waals surface area contributed by atoms with Crippen molar-refractivity contribution in [3.8, 4) is 11.3 Å². The molecular formula is C21H19FN4O2. The highest BCUT2D eigenvalue weighted by Crippen LogP contribution is 2.21. The second-order valence-corrected chi connectivity index (χ2v) is 6.62. The Morgan fingerprint density at radius 3 is 2.89 bits per heavy atom. The molecule has 4 rings (SSSR count). The molecule has 28 heavy (non-hydrogen) atoms. The Morgan fingerprint density at radius 2 is 2.07 bits per heavy atom. The summed E-state index contributed by atoms with van der Waals surface area (Å²) < 4.78 is 13.3. The number of amides is 1. The lowest BCUT2D eigenvalue weighted by Crippen LogP contribution is -2.34. The van der Waals surface area contributed by atoms with Gasteiger partial charge in [0.15, 0.2) is 0 Å². The highest BCUT2D eigenvalue weighted by atomic mass is 19.1. The Hall–Kier alpha value is -3.48. The van der Waals surface area contributed by atoms with Gasteiger partial charge in [-0.15, -0.1) is 0 Å². The van der Waals surface area contributed by atoms with E-state index in [-0.39, 0.29) is 11.7 Å². The van der Waals surface area contributed by atoms with E-state index in [4.69, 9.17) is 4.84 Å². The minimum Gasteiger partial charge on any atom is -0.382 e. The van der Waals surface area contributed by atoms with Crippen molar-refractivity contribution in [2.24, 2.45) is 5.16 Å². The van der Waals surface area contributed by atoms with Gasteiger partial charge in [0.05, 0.1) is 17.6 Å². The van der Waals surface area contributed by atoms with Crippen LogP contribution in [-0.4, -0.2) is 27.9 Å². The number of carbonyl (C=O) groups excluding carboxylic acids is 1. The van der Waals surface area contributed by atoms with Crippen LogP contribution in [0.2, 0.25) is 0 Å². The standard InChI is InChI=1S/C21H19FN4O2/c22-17-8-4-5-14(9-17)10-18-11-19(28-26-18)21(27)23-12-16-13-24-25-20(16)15-6-2-1-3-7-15/h1-9,13,19H,10-12H2,(H,23,27)(H,24,25). The van der Waals surface area contributed by atoms with Crippen molar-refractivity contribution in [1.29, 1.82) is 0 Å². The number of aromatic amines is 1. The zero-order valence-corrected chi connectivity index (χ0v) is 15.1. The normalized spacial score (nSPS) is 15.8. The fourth-order valence-electron chi connectivity index (χ4n) is 3.15. The molecule has 142 valence electrons. The van der Waals surface area contributed by atoms with E-state index in [1.807, 2.05) is 36.4 Å². The molecule has 0 spiro atoms. The van der Waals surface area contributed by atoms with Crippen molar-refractivity contribution in [3.63, 3.8) is 0 Å². The number of hydrogen-bond acceptors (Lipinski definition) is 4. The van der Waals surface area contributed by atoms with Gasteiger partial charge in [-0.25, -0.2) is 4.39 Å². The van der Waals surface area contributed by atoms with E-state index in [1.54, 1.807) is 12.3 Å². The van der Waals surface area contributed by atoms with E-state index in [2.05, 4.69) is 20.7 Å². The topological polar surface area (TPSA) is 79.4 Å². The average molecular weight is 378 g/mol. The lowest BCUT2D eigenvalue weighted by Gasteiger charge is -2.10. The van der Waals surface area contributed by atoms with Crippen molar-refractivity contribution in [2.75, 3.05) is 0 Å². The van der Waals surface area contributed by atoms with Crippen LogP contribution in [0.5, 0.6) is 0 Å². The van der Waals surface area contributed by atoms with Crippen LogP contribution < -0.4 is 5.32 Å². The number of oxime groups is 1. The number of benzene rings is 2. The predicted octanol–water partition coefficient (Wildman–Crippen LogP) is 3.22. The second kappa shape index (κ2) is 8.04. The van der Waals surface area contributed by atoms with E-state index >= 15 is 0 Å². The number of nitrogens with one attached hydrogen (secondary N) is 2. The molecule has 7 heteroatoms. The van der Waals surface area contributed by atoms with Gasteiger partial charge in [-0.3, -0.25) is 9.89 Å². The number of aromatic nitrogens is 2. The highest BCUT2D eigenvalue weighted by molar-refractivity contribution is 5.94. The largest absolute Gasteiger partial charge is 0.382 e. The highest BCUT2D eigenvalue weighted by Gasteiger charge is 2.28. The first-order valence-electron chi connectivity index (χ1n) is 9.00. The third-order valence-corrected chi connectivity index (χ3v) is 4.55. The fraction of sp³-hybridized carbons (Fsp3) is 0.190. The molecule has 1 atom stereocenters. The average Bonchev–Trinajstić information content (AvgIpc) is 3.36. The number of nitrogens with zero attached hydrogens (tertiary/aromatic N) is 2. The molecule has 0 saturated carbocycles. The summed E-state index contributed by atoms with van der Waals surface area (Å²) in [6.07, 6.45) is 1.88. The Bertz CT molecular complexity index is 1000. The zero-order valence-electron chi connectivity index (χ0n) is 15.1. The summed E-state index contributed by atoms with van der Waals surface area (Å²) in [6.45, 7) is 0.332. The first-order valence-corrected chi connectivity index (χ1v) is 9.00. The van der Waals surface area contributed by atoms with Gasteiger partial charge >= 0.3 is 0 Å². The van der Waals surface area contributed by atoms with E-state index < -0.39 is 6.10 Å². The van der Waals surface area contributed by atoms with E-state index in [9.17, 15) is 9.18 Å². The van der Waals surface area contributed by atoms with E-state index in [1.165, 1.54) is 12.1 Å². The lowest BCUT2D eigenvalue weighted by molar-refractivity contribution is -0.131. The molecule has 3 aromatic rings. The smallest absolute Gasteiger partial charge is 0.264 e. The third-order valence-electron chi connectivity index (χ3n) is 4.55. The Kier molecular flexibility index (Phi) is 5.14. The molecule has 0 radical (unpaired) electrons. The van der Waals surface area contributed by atoms with E-state index in [0.29, 0.717) is 19.4 Å². The van der Waals surface area contributed by atoms with Gasteiger partial charge in [0, 0.05) is 24.9 Å². The molecule has 0 aliphatic carbocycles. The van der Waals surface area contributed by atoms with Gasteiger partial charge in [0.25, 0.3) is 5.91 Å². The van der Waals surface area contributed by atoms with E-state index in [0.717, 1.165) is 28.1 Å². The molecular weight excluding hydrogens is 359 g/mol. The molecule has 2 aromatic carbocycles. The summed E-state index contributed by atoms with van der Waals surface area (Å²) >= 11 is 0. The second-order valence-electron chi connectivity index (χ2n) is 6.62. The molecule has 0 bridgehead atoms. The minimum absolute atomic E-state index is 0.238. The SMILES string of the molecule is O=C(NCc1cn[nH]c1-c1ccccc1)C1CC(Cc2cccc(F)c2)=NO1. The first-order chi connectivity index (χ1) is 13.7. The van der Waals surface area contributed by atoms with Crippen molar-refractivity contribution < 1.29 is 14.0 Å². The minimum atomic E-state index is -0.671. The van der Waals surface area contributed by atoms with Crippen molar-refractivity contribution in [1.82, 2.24) is 15.5 Å². The summed E-state index contributed by atoms with van der Waals surface area (Å²) in [4.78, 5) is 17.7. The Morgan fingerprint density at radius 1 is 1.21 bits per heavy atom. The lowest BCUT2D eigenvalue weighted by atomic mass is 10.0. The Labute approximate surface area is 161 Å². The van der Waals surface area contributed by atoms with Crippen molar-refractivity contribution in [3.05, 3.63) is 77.7 Å². The van der Waals surface area contributed by atoms with Gasteiger partial charge in [-0.2, -0.15) is 5.10 Å². The van der Waals surface area contributed by atoms with Crippen LogP contribution >= 0.6 is 0 Å². The number of hydrogen-bond donors (Lipinski definition) is 2. The van der Waals surface area contributed by atoms with Crippen molar-refractivity contribution in [2.45, 2.75) is 25.5 Å². The Balaban J connectivity index is 1.32. The van der Waals surface area contributed by atoms with Crippen LogP contribution in [0.1, 0.15) is 17.5 Å². The van der Waals surface area contributed by atoms with Gasteiger partial charge in [0.2, 0.25) is 6.10 Å². The monoisotopic (exact) mass is 378 g/mol. The van der Waals surface area contributed by atoms with Crippen LogP contribution in [0, 0.1) is 5.82 Å². The molecule has 1 aromatic heterocycles.